The van der Waals surface area contributed by atoms with E-state index in [9.17, 15) is 9.59 Å². The molecular formula is C9H15N5O2. The summed E-state index contributed by atoms with van der Waals surface area (Å²) in [6.45, 7) is 4.21. The van der Waals surface area contributed by atoms with Crippen LogP contribution in [-0.4, -0.2) is 48.9 Å². The van der Waals surface area contributed by atoms with E-state index in [2.05, 4.69) is 27.8 Å². The Morgan fingerprint density at radius 1 is 1.50 bits per heavy atom. The van der Waals surface area contributed by atoms with Crippen LogP contribution in [0, 0.1) is 0 Å². The number of urea groups is 1. The minimum absolute atomic E-state index is 0.202. The second-order valence-corrected chi connectivity index (χ2v) is 3.79. The molecule has 2 aliphatic heterocycles. The molecule has 3 amide bonds. The molecule has 16 heavy (non-hydrogen) atoms. The van der Waals surface area contributed by atoms with Gasteiger partial charge in [0, 0.05) is 13.6 Å². The van der Waals surface area contributed by atoms with E-state index in [1.54, 1.807) is 13.1 Å². The van der Waals surface area contributed by atoms with Crippen molar-refractivity contribution in [2.45, 2.75) is 18.5 Å². The van der Waals surface area contributed by atoms with Gasteiger partial charge in [-0.2, -0.15) is 0 Å². The van der Waals surface area contributed by atoms with E-state index < -0.39 is 6.04 Å². The number of nitrogens with one attached hydrogen (secondary N) is 4. The normalized spacial score (nSPS) is 33.6. The second kappa shape index (κ2) is 4.20. The van der Waals surface area contributed by atoms with Crippen molar-refractivity contribution >= 4 is 11.9 Å². The summed E-state index contributed by atoms with van der Waals surface area (Å²) >= 11 is 0. The van der Waals surface area contributed by atoms with Gasteiger partial charge >= 0.3 is 6.03 Å². The van der Waals surface area contributed by atoms with Crippen LogP contribution in [-0.2, 0) is 4.79 Å². The van der Waals surface area contributed by atoms with Gasteiger partial charge in [-0.25, -0.2) is 4.79 Å². The molecule has 88 valence electrons. The predicted molar refractivity (Wildman–Crippen MR) is 57.1 cm³/mol. The molecule has 4 N–H and O–H groups in total. The molecule has 2 fully saturated rings. The van der Waals surface area contributed by atoms with Crippen LogP contribution >= 0.6 is 0 Å². The average Bonchev–Trinajstić information content (AvgIpc) is 2.68. The number of fused-ring (bicyclic) bond motifs is 1. The zero-order valence-electron chi connectivity index (χ0n) is 8.99. The van der Waals surface area contributed by atoms with Gasteiger partial charge in [0.2, 0.25) is 5.91 Å². The highest BCUT2D eigenvalue weighted by Gasteiger charge is 2.45. The van der Waals surface area contributed by atoms with Gasteiger partial charge in [0.25, 0.3) is 0 Å². The molecule has 0 aliphatic carbocycles. The third kappa shape index (κ3) is 1.80. The molecule has 0 radical (unpaired) electrons. The van der Waals surface area contributed by atoms with Crippen LogP contribution in [0.4, 0.5) is 4.79 Å². The smallest absolute Gasteiger partial charge is 0.310 e. The van der Waals surface area contributed by atoms with E-state index in [0.717, 1.165) is 0 Å². The summed E-state index contributed by atoms with van der Waals surface area (Å²) in [5, 5.41) is 11.5. The number of hydrogen-bond donors (Lipinski definition) is 4. The fourth-order valence-electron chi connectivity index (χ4n) is 1.86. The van der Waals surface area contributed by atoms with E-state index in [-0.39, 0.29) is 24.4 Å². The molecule has 0 bridgehead atoms. The van der Waals surface area contributed by atoms with Crippen LogP contribution in [0.5, 0.6) is 0 Å². The fraction of sp³-hybridized carbons (Fsp3) is 0.556. The van der Waals surface area contributed by atoms with E-state index >= 15 is 0 Å². The number of amides is 3. The number of imide groups is 1. The SMILES string of the molecule is C=CCNC1NC2C(=O)NC(=O)N(C)C2N1. The Morgan fingerprint density at radius 2 is 2.25 bits per heavy atom. The molecule has 3 unspecified atom stereocenters. The van der Waals surface area contributed by atoms with Crippen molar-refractivity contribution in [1.82, 2.24) is 26.2 Å². The zero-order chi connectivity index (χ0) is 11.7. The number of carbonyl (C=O) groups excluding carboxylic acids is 2. The minimum atomic E-state index is -0.426. The van der Waals surface area contributed by atoms with Crippen LogP contribution in [0.25, 0.3) is 0 Å². The summed E-state index contributed by atoms with van der Waals surface area (Å²) in [5.74, 6) is -0.302. The Kier molecular flexibility index (Phi) is 2.90. The van der Waals surface area contributed by atoms with Crippen LogP contribution in [0.15, 0.2) is 12.7 Å². The molecule has 3 atom stereocenters. The molecule has 2 heterocycles. The molecule has 7 nitrogen and oxygen atoms in total. The van der Waals surface area contributed by atoms with Gasteiger partial charge < -0.3 is 4.90 Å². The van der Waals surface area contributed by atoms with Crippen LogP contribution in [0.3, 0.4) is 0 Å². The van der Waals surface area contributed by atoms with Crippen LogP contribution in [0.1, 0.15) is 0 Å². The maximum absolute atomic E-state index is 11.5. The molecule has 0 aromatic heterocycles. The van der Waals surface area contributed by atoms with Crippen molar-refractivity contribution < 1.29 is 9.59 Å². The fourth-order valence-corrected chi connectivity index (χ4v) is 1.86. The summed E-state index contributed by atoms with van der Waals surface area (Å²) in [5.41, 5.74) is 0. The highest BCUT2D eigenvalue weighted by Crippen LogP contribution is 2.12. The average molecular weight is 225 g/mol. The first-order valence-corrected chi connectivity index (χ1v) is 5.07. The number of likely N-dealkylation sites (N-methyl/N-ethyl adjacent to an activating group) is 1. The molecule has 7 heteroatoms. The molecule has 0 spiro atoms. The minimum Gasteiger partial charge on any atom is -0.310 e. The second-order valence-electron chi connectivity index (χ2n) is 3.79. The molecule has 2 rings (SSSR count). The maximum Gasteiger partial charge on any atom is 0.325 e. The Morgan fingerprint density at radius 3 is 2.94 bits per heavy atom. The Balaban J connectivity index is 2.04. The van der Waals surface area contributed by atoms with Crippen LogP contribution < -0.4 is 21.3 Å². The van der Waals surface area contributed by atoms with E-state index in [0.29, 0.717) is 6.54 Å². The topological polar surface area (TPSA) is 85.5 Å². The monoisotopic (exact) mass is 225 g/mol. The van der Waals surface area contributed by atoms with Crippen molar-refractivity contribution in [1.29, 1.82) is 0 Å². The zero-order valence-corrected chi connectivity index (χ0v) is 8.99. The number of hydrogen-bond acceptors (Lipinski definition) is 5. The third-order valence-corrected chi connectivity index (χ3v) is 2.72. The Bertz CT molecular complexity index is 332. The highest BCUT2D eigenvalue weighted by atomic mass is 16.2. The lowest BCUT2D eigenvalue weighted by Gasteiger charge is -2.32. The van der Waals surface area contributed by atoms with E-state index in [1.165, 1.54) is 4.90 Å². The van der Waals surface area contributed by atoms with Gasteiger partial charge in [0.1, 0.15) is 18.5 Å². The van der Waals surface area contributed by atoms with Gasteiger partial charge in [-0.15, -0.1) is 6.58 Å². The molecule has 0 aromatic rings. The number of rotatable bonds is 3. The third-order valence-electron chi connectivity index (χ3n) is 2.72. The summed E-state index contributed by atoms with van der Waals surface area (Å²) in [7, 11) is 1.64. The van der Waals surface area contributed by atoms with Gasteiger partial charge in [0.05, 0.1) is 0 Å². The van der Waals surface area contributed by atoms with Crippen molar-refractivity contribution in [2.75, 3.05) is 13.6 Å². The molecule has 2 aliphatic rings. The quantitative estimate of drug-likeness (QED) is 0.422. The predicted octanol–water partition coefficient (Wildman–Crippen LogP) is -1.89. The Hall–Kier alpha value is -1.44. The maximum atomic E-state index is 11.5. The lowest BCUT2D eigenvalue weighted by Crippen LogP contribution is -2.64. The Labute approximate surface area is 93.2 Å². The van der Waals surface area contributed by atoms with Gasteiger partial charge in [0.15, 0.2) is 0 Å². The van der Waals surface area contributed by atoms with Crippen molar-refractivity contribution in [2.24, 2.45) is 0 Å². The standard InChI is InChI=1S/C9H15N5O2/c1-3-4-10-8-11-5-6(12-8)14(2)9(16)13-7(5)15/h3,5-6,8,10-12H,1,4H2,2H3,(H,13,15,16). The summed E-state index contributed by atoms with van der Waals surface area (Å²) in [6.07, 6.45) is 1.20. The lowest BCUT2D eigenvalue weighted by molar-refractivity contribution is -0.124. The first kappa shape index (κ1) is 11.1. The van der Waals surface area contributed by atoms with Crippen LogP contribution in [0.2, 0.25) is 0 Å². The van der Waals surface area contributed by atoms with E-state index in [4.69, 9.17) is 0 Å². The summed E-state index contributed by atoms with van der Waals surface area (Å²) in [4.78, 5) is 24.4. The first-order chi connectivity index (χ1) is 7.63. The lowest BCUT2D eigenvalue weighted by atomic mass is 10.2. The largest absolute Gasteiger partial charge is 0.325 e. The van der Waals surface area contributed by atoms with Crippen molar-refractivity contribution in [3.8, 4) is 0 Å². The molecule has 0 saturated carbocycles. The van der Waals surface area contributed by atoms with E-state index in [1.807, 2.05) is 0 Å². The highest BCUT2D eigenvalue weighted by molar-refractivity contribution is 6.00. The van der Waals surface area contributed by atoms with Gasteiger partial charge in [-0.1, -0.05) is 6.08 Å². The van der Waals surface area contributed by atoms with Gasteiger partial charge in [-0.05, 0) is 0 Å². The molecule has 0 aromatic carbocycles. The number of nitrogens with zero attached hydrogens (tertiary/aromatic N) is 1. The summed E-state index contributed by atoms with van der Waals surface area (Å²) in [6, 6.07) is -0.810. The van der Waals surface area contributed by atoms with Crippen molar-refractivity contribution in [3.05, 3.63) is 12.7 Å². The van der Waals surface area contributed by atoms with Crippen molar-refractivity contribution in [3.63, 3.8) is 0 Å². The van der Waals surface area contributed by atoms with Gasteiger partial charge in [-0.3, -0.25) is 26.1 Å². The summed E-state index contributed by atoms with van der Waals surface area (Å²) < 4.78 is 0. The first-order valence-electron chi connectivity index (χ1n) is 5.07. The molecule has 2 saturated heterocycles. The number of carbonyl (C=O) groups is 2. The molecular weight excluding hydrogens is 210 g/mol.